The molecule has 3 rings (SSSR count). The number of nitrogens with one attached hydrogen (secondary N) is 1. The molecule has 2 aromatic heterocycles. The summed E-state index contributed by atoms with van der Waals surface area (Å²) >= 11 is 0. The Bertz CT molecular complexity index is 929. The first-order valence-electron chi connectivity index (χ1n) is 8.63. The summed E-state index contributed by atoms with van der Waals surface area (Å²) in [7, 11) is 0. The van der Waals surface area contributed by atoms with Crippen LogP contribution in [0.25, 0.3) is 5.78 Å². The molecule has 130 valence electrons. The number of aromatic nitrogens is 4. The van der Waals surface area contributed by atoms with Crippen LogP contribution in [-0.2, 0) is 24.1 Å². The van der Waals surface area contributed by atoms with Crippen molar-refractivity contribution in [3.8, 4) is 0 Å². The van der Waals surface area contributed by atoms with Gasteiger partial charge in [0.2, 0.25) is 5.91 Å². The van der Waals surface area contributed by atoms with E-state index in [9.17, 15) is 4.79 Å². The van der Waals surface area contributed by atoms with Crippen molar-refractivity contribution in [2.45, 2.75) is 47.0 Å². The number of hydrogen-bond donors (Lipinski definition) is 1. The number of carbonyl (C=O) groups excluding carboxylic acids is 1. The molecule has 0 fully saturated rings. The number of anilines is 1. The van der Waals surface area contributed by atoms with E-state index in [0.717, 1.165) is 46.9 Å². The van der Waals surface area contributed by atoms with Gasteiger partial charge in [-0.15, -0.1) is 5.10 Å². The normalized spacial score (nSPS) is 11.0. The highest BCUT2D eigenvalue weighted by Gasteiger charge is 2.16. The molecule has 0 atom stereocenters. The van der Waals surface area contributed by atoms with Crippen LogP contribution in [0.3, 0.4) is 0 Å². The molecule has 6 heteroatoms. The van der Waals surface area contributed by atoms with E-state index >= 15 is 0 Å². The van der Waals surface area contributed by atoms with E-state index in [0.29, 0.717) is 5.78 Å². The van der Waals surface area contributed by atoms with Gasteiger partial charge in [-0.2, -0.15) is 4.98 Å². The Hall–Kier alpha value is -2.76. The van der Waals surface area contributed by atoms with Crippen LogP contribution >= 0.6 is 0 Å². The van der Waals surface area contributed by atoms with Crippen molar-refractivity contribution >= 4 is 17.4 Å². The molecule has 0 bridgehead atoms. The Labute approximate surface area is 147 Å². The zero-order valence-corrected chi connectivity index (χ0v) is 15.1. The molecular formula is C19H23N5O. The summed E-state index contributed by atoms with van der Waals surface area (Å²) in [4.78, 5) is 21.5. The topological polar surface area (TPSA) is 72.2 Å². The summed E-state index contributed by atoms with van der Waals surface area (Å²) in [6, 6.07) is 7.88. The van der Waals surface area contributed by atoms with Gasteiger partial charge in [-0.25, -0.2) is 9.50 Å². The molecule has 0 radical (unpaired) electrons. The fraction of sp³-hybridized carbons (Fsp3) is 0.368. The number of amides is 1. The molecule has 0 aliphatic carbocycles. The number of nitrogens with zero attached hydrogens (tertiary/aromatic N) is 4. The Balaban J connectivity index is 1.88. The van der Waals surface area contributed by atoms with E-state index in [2.05, 4.69) is 27.3 Å². The number of carbonyl (C=O) groups is 1. The number of rotatable bonds is 5. The fourth-order valence-electron chi connectivity index (χ4n) is 2.96. The molecule has 0 spiro atoms. The van der Waals surface area contributed by atoms with Crippen LogP contribution < -0.4 is 5.32 Å². The molecule has 0 unspecified atom stereocenters. The molecule has 1 aromatic carbocycles. The molecule has 0 aliphatic heterocycles. The molecule has 0 aliphatic rings. The summed E-state index contributed by atoms with van der Waals surface area (Å²) < 4.78 is 1.73. The van der Waals surface area contributed by atoms with E-state index in [1.807, 2.05) is 45.0 Å². The van der Waals surface area contributed by atoms with Crippen molar-refractivity contribution in [3.63, 3.8) is 0 Å². The van der Waals surface area contributed by atoms with E-state index in [1.165, 1.54) is 0 Å². The van der Waals surface area contributed by atoms with Gasteiger partial charge in [-0.1, -0.05) is 32.0 Å². The van der Waals surface area contributed by atoms with E-state index in [4.69, 9.17) is 0 Å². The van der Waals surface area contributed by atoms with Gasteiger partial charge in [0, 0.05) is 29.1 Å². The summed E-state index contributed by atoms with van der Waals surface area (Å²) in [5, 5.41) is 7.48. The summed E-state index contributed by atoms with van der Waals surface area (Å²) in [5.41, 5.74) is 4.62. The van der Waals surface area contributed by atoms with Gasteiger partial charge in [0.05, 0.1) is 6.42 Å². The Morgan fingerprint density at radius 1 is 1.12 bits per heavy atom. The summed E-state index contributed by atoms with van der Waals surface area (Å²) in [6.07, 6.45) is 1.90. The fourth-order valence-corrected chi connectivity index (χ4v) is 2.96. The summed E-state index contributed by atoms with van der Waals surface area (Å²) in [6.45, 7) is 7.96. The number of benzene rings is 1. The van der Waals surface area contributed by atoms with Crippen LogP contribution in [0.2, 0.25) is 0 Å². The first kappa shape index (κ1) is 17.1. The van der Waals surface area contributed by atoms with Crippen LogP contribution in [0.5, 0.6) is 0 Å². The second-order valence-corrected chi connectivity index (χ2v) is 6.09. The predicted molar refractivity (Wildman–Crippen MR) is 97.8 cm³/mol. The molecule has 0 saturated carbocycles. The van der Waals surface area contributed by atoms with Crippen molar-refractivity contribution in [2.75, 3.05) is 5.32 Å². The third kappa shape index (κ3) is 3.38. The zero-order chi connectivity index (χ0) is 18.0. The maximum atomic E-state index is 12.6. The Morgan fingerprint density at radius 2 is 1.88 bits per heavy atom. The van der Waals surface area contributed by atoms with E-state index in [1.54, 1.807) is 4.52 Å². The molecule has 0 saturated heterocycles. The highest BCUT2D eigenvalue weighted by molar-refractivity contribution is 5.93. The highest BCUT2D eigenvalue weighted by Crippen LogP contribution is 2.18. The minimum atomic E-state index is -0.0518. The second kappa shape index (κ2) is 7.01. The monoisotopic (exact) mass is 337 g/mol. The molecule has 1 amide bonds. The lowest BCUT2D eigenvalue weighted by molar-refractivity contribution is -0.115. The highest BCUT2D eigenvalue weighted by atomic mass is 16.1. The van der Waals surface area contributed by atoms with Gasteiger partial charge in [-0.3, -0.25) is 4.79 Å². The van der Waals surface area contributed by atoms with Crippen molar-refractivity contribution < 1.29 is 4.79 Å². The number of hydrogen-bond acceptors (Lipinski definition) is 4. The van der Waals surface area contributed by atoms with Crippen LogP contribution in [0.1, 0.15) is 42.2 Å². The smallest absolute Gasteiger partial charge is 0.252 e. The Kier molecular flexibility index (Phi) is 4.79. The Morgan fingerprint density at radius 3 is 2.60 bits per heavy atom. The molecule has 3 aromatic rings. The minimum Gasteiger partial charge on any atom is -0.326 e. The first-order valence-corrected chi connectivity index (χ1v) is 8.63. The van der Waals surface area contributed by atoms with Crippen LogP contribution in [0, 0.1) is 13.8 Å². The maximum Gasteiger partial charge on any atom is 0.252 e. The SMILES string of the molecule is CCc1nc2nc(C)c(CC(=O)Nc3ccccc3CC)c(C)n2n1. The molecule has 6 nitrogen and oxygen atoms in total. The van der Waals surface area contributed by atoms with Crippen molar-refractivity contribution in [2.24, 2.45) is 0 Å². The van der Waals surface area contributed by atoms with Gasteiger partial charge in [0.1, 0.15) is 0 Å². The average molecular weight is 337 g/mol. The van der Waals surface area contributed by atoms with Crippen molar-refractivity contribution in [3.05, 3.63) is 52.6 Å². The quantitative estimate of drug-likeness (QED) is 0.777. The standard InChI is InChI=1S/C19H23N5O/c1-5-14-9-7-8-10-16(14)21-18(25)11-15-12(3)20-19-22-17(6-2)23-24(19)13(15)4/h7-10H,5-6,11H2,1-4H3,(H,21,25). The summed E-state index contributed by atoms with van der Waals surface area (Å²) in [5.74, 6) is 1.30. The van der Waals surface area contributed by atoms with Gasteiger partial charge >= 0.3 is 0 Å². The largest absolute Gasteiger partial charge is 0.326 e. The maximum absolute atomic E-state index is 12.6. The van der Waals surface area contributed by atoms with E-state index < -0.39 is 0 Å². The number of para-hydroxylation sites is 1. The van der Waals surface area contributed by atoms with Crippen LogP contribution in [0.15, 0.2) is 24.3 Å². The third-order valence-corrected chi connectivity index (χ3v) is 4.42. The van der Waals surface area contributed by atoms with Gasteiger partial charge in [0.15, 0.2) is 5.82 Å². The number of aryl methyl sites for hydroxylation is 4. The van der Waals surface area contributed by atoms with Crippen LogP contribution in [-0.4, -0.2) is 25.5 Å². The predicted octanol–water partition coefficient (Wildman–Crippen LogP) is 3.05. The lowest BCUT2D eigenvalue weighted by atomic mass is 10.1. The van der Waals surface area contributed by atoms with Crippen LogP contribution in [0.4, 0.5) is 5.69 Å². The average Bonchev–Trinajstić information content (AvgIpc) is 3.02. The molecule has 2 heterocycles. The van der Waals surface area contributed by atoms with Gasteiger partial charge < -0.3 is 5.32 Å². The van der Waals surface area contributed by atoms with Gasteiger partial charge in [-0.05, 0) is 31.9 Å². The lowest BCUT2D eigenvalue weighted by Gasteiger charge is -2.12. The third-order valence-electron chi connectivity index (χ3n) is 4.42. The number of fused-ring (bicyclic) bond motifs is 1. The minimum absolute atomic E-state index is 0.0518. The lowest BCUT2D eigenvalue weighted by Crippen LogP contribution is -2.18. The van der Waals surface area contributed by atoms with Gasteiger partial charge in [0.25, 0.3) is 5.78 Å². The molecular weight excluding hydrogens is 314 g/mol. The van der Waals surface area contributed by atoms with Crippen molar-refractivity contribution in [1.29, 1.82) is 0 Å². The molecule has 25 heavy (non-hydrogen) atoms. The van der Waals surface area contributed by atoms with E-state index in [-0.39, 0.29) is 12.3 Å². The zero-order valence-electron chi connectivity index (χ0n) is 15.1. The molecule has 1 N–H and O–H groups in total. The second-order valence-electron chi connectivity index (χ2n) is 6.09. The van der Waals surface area contributed by atoms with Crippen molar-refractivity contribution in [1.82, 2.24) is 19.6 Å². The first-order chi connectivity index (χ1) is 12.0.